The molecular formula is C7H10N2O3S. The molecule has 72 valence electrons. The molecule has 5 nitrogen and oxygen atoms in total. The molecule has 0 bridgehead atoms. The molecule has 1 heterocycles. The summed E-state index contributed by atoms with van der Waals surface area (Å²) in [5.74, 6) is 0. The lowest BCUT2D eigenvalue weighted by Crippen LogP contribution is -2.06. The van der Waals surface area contributed by atoms with Gasteiger partial charge in [-0.05, 0) is 6.92 Å². The molecule has 0 amide bonds. The van der Waals surface area contributed by atoms with E-state index in [-0.39, 0.29) is 11.8 Å². The maximum atomic E-state index is 11.0. The number of hydrogen-bond donors (Lipinski definition) is 1. The molecule has 0 aliphatic carbocycles. The minimum atomic E-state index is -3.35. The Labute approximate surface area is 76.4 Å². The third-order valence-electron chi connectivity index (χ3n) is 1.56. The van der Waals surface area contributed by atoms with Crippen LogP contribution in [0.3, 0.4) is 0 Å². The van der Waals surface area contributed by atoms with Gasteiger partial charge in [-0.15, -0.1) is 0 Å². The summed E-state index contributed by atoms with van der Waals surface area (Å²) < 4.78 is 22.0. The van der Waals surface area contributed by atoms with Gasteiger partial charge in [0.15, 0.2) is 0 Å². The number of rotatable bonds is 2. The Bertz CT molecular complexity index is 414. The topological polar surface area (TPSA) is 80.2 Å². The highest BCUT2D eigenvalue weighted by molar-refractivity contribution is 7.90. The van der Waals surface area contributed by atoms with Crippen molar-refractivity contribution in [3.05, 3.63) is 17.5 Å². The second-order valence-corrected chi connectivity index (χ2v) is 4.60. The Morgan fingerprint density at radius 2 is 2.15 bits per heavy atom. The number of nitrogens with zero attached hydrogens (tertiary/aromatic N) is 2. The van der Waals surface area contributed by atoms with Crippen LogP contribution in [0.25, 0.3) is 0 Å². The van der Waals surface area contributed by atoms with Crippen molar-refractivity contribution in [3.63, 3.8) is 0 Å². The molecule has 0 aliphatic rings. The van der Waals surface area contributed by atoms with Gasteiger partial charge in [0.2, 0.25) is 15.0 Å². The van der Waals surface area contributed by atoms with E-state index in [0.29, 0.717) is 11.3 Å². The number of sulfone groups is 1. The molecule has 0 fully saturated rings. The molecule has 0 saturated heterocycles. The molecule has 0 aliphatic heterocycles. The SMILES string of the molecule is Cc1nc(S(C)(=O)=O)ncc1CO. The molecule has 1 aromatic rings. The fraction of sp³-hybridized carbons (Fsp3) is 0.429. The van der Waals surface area contributed by atoms with Crippen LogP contribution >= 0.6 is 0 Å². The molecule has 0 spiro atoms. The minimum Gasteiger partial charge on any atom is -0.392 e. The average Bonchev–Trinajstić information content (AvgIpc) is 2.02. The van der Waals surface area contributed by atoms with Crippen molar-refractivity contribution in [3.8, 4) is 0 Å². The number of aryl methyl sites for hydroxylation is 1. The lowest BCUT2D eigenvalue weighted by Gasteiger charge is -2.02. The van der Waals surface area contributed by atoms with Crippen LogP contribution < -0.4 is 0 Å². The van der Waals surface area contributed by atoms with Gasteiger partial charge in [0.25, 0.3) is 0 Å². The van der Waals surface area contributed by atoms with E-state index in [0.717, 1.165) is 6.26 Å². The van der Waals surface area contributed by atoms with Gasteiger partial charge in [-0.1, -0.05) is 0 Å². The third kappa shape index (κ3) is 2.22. The van der Waals surface area contributed by atoms with E-state index in [1.54, 1.807) is 6.92 Å². The van der Waals surface area contributed by atoms with Crippen LogP contribution in [0, 0.1) is 6.92 Å². The predicted octanol–water partition coefficient (Wildman–Crippen LogP) is -0.319. The van der Waals surface area contributed by atoms with E-state index in [4.69, 9.17) is 5.11 Å². The van der Waals surface area contributed by atoms with E-state index in [2.05, 4.69) is 9.97 Å². The number of aliphatic hydroxyl groups excluding tert-OH is 1. The monoisotopic (exact) mass is 202 g/mol. The summed E-state index contributed by atoms with van der Waals surface area (Å²) in [5, 5.41) is 8.58. The van der Waals surface area contributed by atoms with E-state index < -0.39 is 9.84 Å². The Morgan fingerprint density at radius 1 is 1.54 bits per heavy atom. The smallest absolute Gasteiger partial charge is 0.246 e. The number of aromatic nitrogens is 2. The summed E-state index contributed by atoms with van der Waals surface area (Å²) in [7, 11) is -3.35. The van der Waals surface area contributed by atoms with Gasteiger partial charge in [0.05, 0.1) is 6.61 Å². The molecule has 1 N–H and O–H groups in total. The van der Waals surface area contributed by atoms with Crippen molar-refractivity contribution in [2.45, 2.75) is 18.7 Å². The fourth-order valence-corrected chi connectivity index (χ4v) is 1.35. The second-order valence-electron chi connectivity index (χ2n) is 2.69. The summed E-state index contributed by atoms with van der Waals surface area (Å²) in [6.45, 7) is 1.44. The van der Waals surface area contributed by atoms with Gasteiger partial charge >= 0.3 is 0 Å². The molecule has 1 rings (SSSR count). The molecule has 1 aromatic heterocycles. The van der Waals surface area contributed by atoms with Gasteiger partial charge in [-0.3, -0.25) is 0 Å². The summed E-state index contributed by atoms with van der Waals surface area (Å²) in [6, 6.07) is 0. The van der Waals surface area contributed by atoms with Crippen LogP contribution in [0.15, 0.2) is 11.4 Å². The quantitative estimate of drug-likeness (QED) is 0.665. The van der Waals surface area contributed by atoms with Gasteiger partial charge in [-0.25, -0.2) is 18.4 Å². The van der Waals surface area contributed by atoms with Gasteiger partial charge < -0.3 is 5.11 Å². The van der Waals surface area contributed by atoms with Crippen LogP contribution in [0.1, 0.15) is 11.3 Å². The number of aliphatic hydroxyl groups is 1. The van der Waals surface area contributed by atoms with E-state index in [1.165, 1.54) is 6.20 Å². The Morgan fingerprint density at radius 3 is 2.54 bits per heavy atom. The van der Waals surface area contributed by atoms with Gasteiger partial charge in [0, 0.05) is 23.7 Å². The van der Waals surface area contributed by atoms with Crippen LogP contribution in [0.2, 0.25) is 0 Å². The maximum absolute atomic E-state index is 11.0. The Kier molecular flexibility index (Phi) is 2.63. The van der Waals surface area contributed by atoms with Crippen molar-refractivity contribution < 1.29 is 13.5 Å². The first-order chi connectivity index (χ1) is 5.95. The first-order valence-corrected chi connectivity index (χ1v) is 5.47. The molecule has 0 aromatic carbocycles. The second kappa shape index (κ2) is 3.39. The fourth-order valence-electron chi connectivity index (χ4n) is 0.805. The molecule has 0 radical (unpaired) electrons. The Balaban J connectivity index is 3.26. The van der Waals surface area contributed by atoms with Crippen LogP contribution in [-0.4, -0.2) is 29.7 Å². The molecule has 0 atom stereocenters. The zero-order valence-electron chi connectivity index (χ0n) is 7.35. The molecular weight excluding hydrogens is 192 g/mol. The number of hydrogen-bond acceptors (Lipinski definition) is 5. The van der Waals surface area contributed by atoms with Crippen molar-refractivity contribution in [2.24, 2.45) is 0 Å². The lowest BCUT2D eigenvalue weighted by atomic mass is 10.3. The zero-order valence-corrected chi connectivity index (χ0v) is 8.17. The molecule has 6 heteroatoms. The standard InChI is InChI=1S/C7H10N2O3S/c1-5-6(4-10)3-8-7(9-5)13(2,11)12/h3,10H,4H2,1-2H3. The summed E-state index contributed by atoms with van der Waals surface area (Å²) in [6.07, 6.45) is 2.36. The predicted molar refractivity (Wildman–Crippen MR) is 45.8 cm³/mol. The van der Waals surface area contributed by atoms with Gasteiger partial charge in [0.1, 0.15) is 0 Å². The highest BCUT2D eigenvalue weighted by Gasteiger charge is 2.11. The van der Waals surface area contributed by atoms with Crippen LogP contribution in [0.5, 0.6) is 0 Å². The molecule has 0 saturated carbocycles. The first-order valence-electron chi connectivity index (χ1n) is 3.58. The van der Waals surface area contributed by atoms with Crippen molar-refractivity contribution in [2.75, 3.05) is 6.26 Å². The lowest BCUT2D eigenvalue weighted by molar-refractivity contribution is 0.279. The Hall–Kier alpha value is -1.01. The van der Waals surface area contributed by atoms with Crippen molar-refractivity contribution in [1.29, 1.82) is 0 Å². The largest absolute Gasteiger partial charge is 0.392 e. The third-order valence-corrected chi connectivity index (χ3v) is 2.42. The summed E-state index contributed by atoms with van der Waals surface area (Å²) in [4.78, 5) is 7.38. The van der Waals surface area contributed by atoms with Crippen molar-refractivity contribution >= 4 is 9.84 Å². The van der Waals surface area contributed by atoms with Gasteiger partial charge in [-0.2, -0.15) is 0 Å². The highest BCUT2D eigenvalue weighted by atomic mass is 32.2. The normalized spacial score (nSPS) is 11.6. The summed E-state index contributed by atoms with van der Waals surface area (Å²) >= 11 is 0. The zero-order chi connectivity index (χ0) is 10.1. The highest BCUT2D eigenvalue weighted by Crippen LogP contribution is 2.07. The van der Waals surface area contributed by atoms with E-state index >= 15 is 0 Å². The maximum Gasteiger partial charge on any atom is 0.246 e. The van der Waals surface area contributed by atoms with Crippen LogP contribution in [-0.2, 0) is 16.4 Å². The summed E-state index contributed by atoms with van der Waals surface area (Å²) in [5.41, 5.74) is 1.02. The average molecular weight is 202 g/mol. The minimum absolute atomic E-state index is 0.185. The van der Waals surface area contributed by atoms with E-state index in [9.17, 15) is 8.42 Å². The molecule has 13 heavy (non-hydrogen) atoms. The van der Waals surface area contributed by atoms with Crippen LogP contribution in [0.4, 0.5) is 0 Å². The first kappa shape index (κ1) is 10.1. The van der Waals surface area contributed by atoms with E-state index in [1.807, 2.05) is 0 Å². The van der Waals surface area contributed by atoms with Crippen molar-refractivity contribution in [1.82, 2.24) is 9.97 Å². The molecule has 0 unspecified atom stereocenters.